The van der Waals surface area contributed by atoms with Crippen LogP contribution >= 0.6 is 11.3 Å². The zero-order valence-electron chi connectivity index (χ0n) is 9.93. The van der Waals surface area contributed by atoms with Crippen molar-refractivity contribution in [3.63, 3.8) is 0 Å². The third-order valence-electron chi connectivity index (χ3n) is 3.33. The molecular weight excluding hydrogens is 218 g/mol. The minimum atomic E-state index is -0.266. The van der Waals surface area contributed by atoms with E-state index in [0.29, 0.717) is 0 Å². The van der Waals surface area contributed by atoms with Crippen molar-refractivity contribution in [3.05, 3.63) is 22.4 Å². The number of nitrogens with zero attached hydrogens (tertiary/aromatic N) is 1. The molecule has 1 aromatic rings. The zero-order valence-corrected chi connectivity index (χ0v) is 10.7. The molecular formula is C13H21NOS. The van der Waals surface area contributed by atoms with Gasteiger partial charge in [-0.3, -0.25) is 0 Å². The summed E-state index contributed by atoms with van der Waals surface area (Å²) >= 11 is 1.65. The first-order valence-corrected chi connectivity index (χ1v) is 7.07. The van der Waals surface area contributed by atoms with Gasteiger partial charge in [0, 0.05) is 18.0 Å². The van der Waals surface area contributed by atoms with Crippen molar-refractivity contribution in [3.8, 4) is 0 Å². The molecule has 0 unspecified atom stereocenters. The van der Waals surface area contributed by atoms with Crippen molar-refractivity contribution in [2.75, 3.05) is 19.6 Å². The maximum atomic E-state index is 9.99. The van der Waals surface area contributed by atoms with Gasteiger partial charge in [-0.1, -0.05) is 13.0 Å². The number of rotatable bonds is 4. The Morgan fingerprint density at radius 3 is 3.19 bits per heavy atom. The monoisotopic (exact) mass is 239 g/mol. The molecule has 2 nitrogen and oxygen atoms in total. The van der Waals surface area contributed by atoms with Crippen molar-refractivity contribution in [2.24, 2.45) is 5.92 Å². The molecule has 1 aromatic heterocycles. The van der Waals surface area contributed by atoms with Gasteiger partial charge in [0.15, 0.2) is 0 Å². The predicted octanol–water partition coefficient (Wildman–Crippen LogP) is 2.90. The molecule has 1 aliphatic rings. The fourth-order valence-electron chi connectivity index (χ4n) is 2.42. The Kier molecular flexibility index (Phi) is 4.38. The van der Waals surface area contributed by atoms with Crippen LogP contribution in [0.3, 0.4) is 0 Å². The summed E-state index contributed by atoms with van der Waals surface area (Å²) in [4.78, 5) is 3.59. The van der Waals surface area contributed by atoms with E-state index in [-0.39, 0.29) is 6.10 Å². The highest BCUT2D eigenvalue weighted by molar-refractivity contribution is 7.10. The second-order valence-electron chi connectivity index (χ2n) is 4.87. The lowest BCUT2D eigenvalue weighted by Crippen LogP contribution is -2.35. The summed E-state index contributed by atoms with van der Waals surface area (Å²) in [5, 5.41) is 12.0. The van der Waals surface area contributed by atoms with Gasteiger partial charge in [0.1, 0.15) is 0 Å². The number of aliphatic hydroxyl groups is 1. The molecule has 1 aliphatic heterocycles. The van der Waals surface area contributed by atoms with Gasteiger partial charge in [0.25, 0.3) is 0 Å². The van der Waals surface area contributed by atoms with Crippen LogP contribution in [0.1, 0.15) is 37.2 Å². The number of hydrogen-bond donors (Lipinski definition) is 1. The quantitative estimate of drug-likeness (QED) is 0.873. The average Bonchev–Trinajstić information content (AvgIpc) is 2.79. The van der Waals surface area contributed by atoms with Crippen LogP contribution in [0, 0.1) is 5.92 Å². The fourth-order valence-corrected chi connectivity index (χ4v) is 3.16. The van der Waals surface area contributed by atoms with Gasteiger partial charge in [-0.2, -0.15) is 0 Å². The summed E-state index contributed by atoms with van der Waals surface area (Å²) in [6.45, 7) is 5.77. The Bertz CT molecular complexity index is 299. The minimum absolute atomic E-state index is 0.266. The van der Waals surface area contributed by atoms with E-state index in [1.807, 2.05) is 17.5 Å². The van der Waals surface area contributed by atoms with Crippen LogP contribution in [0.25, 0.3) is 0 Å². The molecule has 2 rings (SSSR count). The van der Waals surface area contributed by atoms with Crippen LogP contribution in [0.15, 0.2) is 17.5 Å². The van der Waals surface area contributed by atoms with E-state index in [1.54, 1.807) is 11.3 Å². The largest absolute Gasteiger partial charge is 0.388 e. The normalized spacial score (nSPS) is 24.5. The number of hydrogen-bond acceptors (Lipinski definition) is 3. The van der Waals surface area contributed by atoms with E-state index in [4.69, 9.17) is 0 Å². The average molecular weight is 239 g/mol. The maximum absolute atomic E-state index is 9.99. The molecule has 1 fully saturated rings. The van der Waals surface area contributed by atoms with Crippen LogP contribution in [-0.4, -0.2) is 29.6 Å². The molecule has 0 spiro atoms. The molecule has 16 heavy (non-hydrogen) atoms. The lowest BCUT2D eigenvalue weighted by molar-refractivity contribution is 0.124. The summed E-state index contributed by atoms with van der Waals surface area (Å²) < 4.78 is 0. The Labute approximate surface area is 102 Å². The molecule has 0 radical (unpaired) electrons. The molecule has 1 N–H and O–H groups in total. The summed E-state index contributed by atoms with van der Waals surface area (Å²) in [6.07, 6.45) is 3.28. The number of thiophene rings is 1. The molecule has 0 saturated carbocycles. The molecule has 1 saturated heterocycles. The maximum Gasteiger partial charge on any atom is 0.0894 e. The van der Waals surface area contributed by atoms with Crippen molar-refractivity contribution in [2.45, 2.75) is 32.3 Å². The molecule has 90 valence electrons. The van der Waals surface area contributed by atoms with Crippen molar-refractivity contribution in [1.29, 1.82) is 0 Å². The third-order valence-corrected chi connectivity index (χ3v) is 4.31. The highest BCUT2D eigenvalue weighted by Gasteiger charge is 2.17. The van der Waals surface area contributed by atoms with Crippen LogP contribution in [0.2, 0.25) is 0 Å². The Morgan fingerprint density at radius 1 is 1.62 bits per heavy atom. The van der Waals surface area contributed by atoms with Gasteiger partial charge >= 0.3 is 0 Å². The molecule has 3 heteroatoms. The second-order valence-corrected chi connectivity index (χ2v) is 5.85. The van der Waals surface area contributed by atoms with Crippen LogP contribution in [0.5, 0.6) is 0 Å². The topological polar surface area (TPSA) is 23.5 Å². The standard InChI is InChI=1S/C13H21NOS/c1-11-4-2-7-14(10-11)8-6-12(15)13-5-3-9-16-13/h3,5,9,11-12,15H,2,4,6-8,10H2,1H3/t11-,12+/m0/s1. The molecule has 2 atom stereocenters. The Morgan fingerprint density at radius 2 is 2.50 bits per heavy atom. The molecule has 0 bridgehead atoms. The van der Waals surface area contributed by atoms with Crippen molar-refractivity contribution in [1.82, 2.24) is 4.90 Å². The number of piperidine rings is 1. The van der Waals surface area contributed by atoms with Gasteiger partial charge < -0.3 is 10.0 Å². The van der Waals surface area contributed by atoms with E-state index in [0.717, 1.165) is 23.8 Å². The lowest BCUT2D eigenvalue weighted by atomic mass is 10.00. The number of likely N-dealkylation sites (tertiary alicyclic amines) is 1. The summed E-state index contributed by atoms with van der Waals surface area (Å²) in [5.74, 6) is 0.827. The van der Waals surface area contributed by atoms with E-state index in [2.05, 4.69) is 11.8 Å². The van der Waals surface area contributed by atoms with Crippen molar-refractivity contribution >= 4 is 11.3 Å². The molecule has 0 aliphatic carbocycles. The summed E-state index contributed by atoms with van der Waals surface area (Å²) in [5.41, 5.74) is 0. The van der Waals surface area contributed by atoms with Gasteiger partial charge in [-0.05, 0) is 43.2 Å². The first kappa shape index (κ1) is 12.1. The Hall–Kier alpha value is -0.380. The Balaban J connectivity index is 1.74. The van der Waals surface area contributed by atoms with Gasteiger partial charge in [-0.25, -0.2) is 0 Å². The summed E-state index contributed by atoms with van der Waals surface area (Å²) in [7, 11) is 0. The second kappa shape index (κ2) is 5.80. The van der Waals surface area contributed by atoms with E-state index in [1.165, 1.54) is 25.9 Å². The highest BCUT2D eigenvalue weighted by Crippen LogP contribution is 2.23. The van der Waals surface area contributed by atoms with Crippen molar-refractivity contribution < 1.29 is 5.11 Å². The fraction of sp³-hybridized carbons (Fsp3) is 0.692. The highest BCUT2D eigenvalue weighted by atomic mass is 32.1. The summed E-state index contributed by atoms with van der Waals surface area (Å²) in [6, 6.07) is 4.03. The number of aliphatic hydroxyl groups excluding tert-OH is 1. The van der Waals surface area contributed by atoms with E-state index in [9.17, 15) is 5.11 Å². The smallest absolute Gasteiger partial charge is 0.0894 e. The minimum Gasteiger partial charge on any atom is -0.388 e. The van der Waals surface area contributed by atoms with Crippen LogP contribution in [-0.2, 0) is 0 Å². The van der Waals surface area contributed by atoms with Gasteiger partial charge in [-0.15, -0.1) is 11.3 Å². The zero-order chi connectivity index (χ0) is 11.4. The first-order valence-electron chi connectivity index (χ1n) is 6.19. The van der Waals surface area contributed by atoms with Crippen LogP contribution in [0.4, 0.5) is 0 Å². The predicted molar refractivity (Wildman–Crippen MR) is 68.7 cm³/mol. The van der Waals surface area contributed by atoms with E-state index >= 15 is 0 Å². The SMILES string of the molecule is C[C@H]1CCCN(CC[C@@H](O)c2cccs2)C1. The first-order chi connectivity index (χ1) is 7.75. The third kappa shape index (κ3) is 3.30. The van der Waals surface area contributed by atoms with Gasteiger partial charge in [0.05, 0.1) is 6.10 Å². The molecule has 0 amide bonds. The molecule has 2 heterocycles. The van der Waals surface area contributed by atoms with Gasteiger partial charge in [0.2, 0.25) is 0 Å². The van der Waals surface area contributed by atoms with E-state index < -0.39 is 0 Å². The lowest BCUT2D eigenvalue weighted by Gasteiger charge is -2.31. The van der Waals surface area contributed by atoms with Crippen LogP contribution < -0.4 is 0 Å². The molecule has 0 aromatic carbocycles.